The summed E-state index contributed by atoms with van der Waals surface area (Å²) in [6, 6.07) is 10.1. The van der Waals surface area contributed by atoms with Crippen LogP contribution in [0.4, 0.5) is 0 Å². The van der Waals surface area contributed by atoms with E-state index in [0.29, 0.717) is 12.5 Å². The van der Waals surface area contributed by atoms with Crippen LogP contribution in [0.25, 0.3) is 0 Å². The first kappa shape index (κ1) is 19.7. The van der Waals surface area contributed by atoms with Crippen molar-refractivity contribution in [3.63, 3.8) is 0 Å². The summed E-state index contributed by atoms with van der Waals surface area (Å²) in [6.07, 6.45) is 2.88. The fourth-order valence-electron chi connectivity index (χ4n) is 3.11. The molecule has 0 saturated heterocycles. The van der Waals surface area contributed by atoms with E-state index in [9.17, 15) is 4.79 Å². The van der Waals surface area contributed by atoms with Crippen LogP contribution < -0.4 is 0 Å². The lowest BCUT2D eigenvalue weighted by atomic mass is 9.82. The van der Waals surface area contributed by atoms with Gasteiger partial charge in [-0.2, -0.15) is 0 Å². The van der Waals surface area contributed by atoms with Crippen molar-refractivity contribution in [3.8, 4) is 0 Å². The monoisotopic (exact) mass is 319 g/mol. The normalized spacial score (nSPS) is 12.6. The molecule has 1 aromatic rings. The summed E-state index contributed by atoms with van der Waals surface area (Å²) in [5, 5.41) is 0. The summed E-state index contributed by atoms with van der Waals surface area (Å²) in [5.74, 6) is 0.136. The van der Waals surface area contributed by atoms with E-state index in [-0.39, 0.29) is 11.9 Å². The van der Waals surface area contributed by atoms with Gasteiger partial charge < -0.3 is 9.64 Å². The van der Waals surface area contributed by atoms with E-state index in [0.717, 1.165) is 44.5 Å². The lowest BCUT2D eigenvalue weighted by Gasteiger charge is -2.24. The molecular formula is C20H33NO2. The van der Waals surface area contributed by atoms with Gasteiger partial charge in [0.25, 0.3) is 0 Å². The minimum absolute atomic E-state index is 0.0653. The van der Waals surface area contributed by atoms with Crippen molar-refractivity contribution in [2.75, 3.05) is 26.2 Å². The molecule has 0 aliphatic rings. The summed E-state index contributed by atoms with van der Waals surface area (Å²) in [4.78, 5) is 15.0. The lowest BCUT2D eigenvalue weighted by Crippen LogP contribution is -2.27. The minimum atomic E-state index is -0.139. The molecule has 3 nitrogen and oxygen atoms in total. The van der Waals surface area contributed by atoms with Crippen LogP contribution in [0.5, 0.6) is 0 Å². The van der Waals surface area contributed by atoms with Gasteiger partial charge in [-0.15, -0.1) is 0 Å². The van der Waals surface area contributed by atoms with Gasteiger partial charge in [-0.3, -0.25) is 4.79 Å². The molecular weight excluding hydrogens is 286 g/mol. The maximum atomic E-state index is 12.7. The molecule has 0 radical (unpaired) electrons. The first-order valence-electron chi connectivity index (χ1n) is 9.11. The quantitative estimate of drug-likeness (QED) is 0.445. The Bertz CT molecular complexity index is 425. The summed E-state index contributed by atoms with van der Waals surface area (Å²) >= 11 is 0. The predicted octanol–water partition coefficient (Wildman–Crippen LogP) is 4.48. The Kier molecular flexibility index (Phi) is 9.61. The van der Waals surface area contributed by atoms with E-state index in [4.69, 9.17) is 4.74 Å². The zero-order valence-corrected chi connectivity index (χ0v) is 15.3. The third-order valence-electron chi connectivity index (χ3n) is 4.69. The van der Waals surface area contributed by atoms with Crippen LogP contribution in [0.1, 0.15) is 58.4 Å². The van der Waals surface area contributed by atoms with E-state index in [2.05, 4.69) is 32.6 Å². The van der Waals surface area contributed by atoms with Crippen LogP contribution in [0.15, 0.2) is 30.3 Å². The van der Waals surface area contributed by atoms with Crippen molar-refractivity contribution < 1.29 is 9.53 Å². The molecule has 1 unspecified atom stereocenters. The van der Waals surface area contributed by atoms with Gasteiger partial charge >= 0.3 is 5.97 Å². The van der Waals surface area contributed by atoms with Crippen LogP contribution in [0.2, 0.25) is 0 Å². The number of hydrogen-bond donors (Lipinski definition) is 0. The molecule has 0 aliphatic carbocycles. The summed E-state index contributed by atoms with van der Waals surface area (Å²) in [6.45, 7) is 12.2. The molecule has 0 spiro atoms. The third kappa shape index (κ3) is 6.34. The summed E-state index contributed by atoms with van der Waals surface area (Å²) < 4.78 is 5.62. The van der Waals surface area contributed by atoms with E-state index in [1.807, 2.05) is 30.3 Å². The standard InChI is InChI=1S/C20H33NO2/c1-5-17(6-2)19(18-13-10-9-11-14-18)20(22)23-16-12-15-21(7-3)8-4/h9-11,13-14,17,19H,5-8,12,15-16H2,1-4H3. The highest BCUT2D eigenvalue weighted by Gasteiger charge is 2.28. The van der Waals surface area contributed by atoms with E-state index in [1.165, 1.54) is 0 Å². The second kappa shape index (κ2) is 11.2. The van der Waals surface area contributed by atoms with Gasteiger partial charge in [-0.1, -0.05) is 70.9 Å². The SMILES string of the molecule is CCC(CC)C(C(=O)OCCCN(CC)CC)c1ccccc1. The Hall–Kier alpha value is -1.35. The molecule has 0 amide bonds. The first-order valence-corrected chi connectivity index (χ1v) is 9.11. The highest BCUT2D eigenvalue weighted by molar-refractivity contribution is 5.78. The van der Waals surface area contributed by atoms with Crippen LogP contribution >= 0.6 is 0 Å². The summed E-state index contributed by atoms with van der Waals surface area (Å²) in [7, 11) is 0. The van der Waals surface area contributed by atoms with Gasteiger partial charge in [0.05, 0.1) is 12.5 Å². The fourth-order valence-corrected chi connectivity index (χ4v) is 3.11. The molecule has 23 heavy (non-hydrogen) atoms. The van der Waals surface area contributed by atoms with Crippen LogP contribution in [0.3, 0.4) is 0 Å². The number of nitrogens with zero attached hydrogens (tertiary/aromatic N) is 1. The molecule has 0 heterocycles. The Morgan fingerprint density at radius 1 is 1.04 bits per heavy atom. The zero-order valence-electron chi connectivity index (χ0n) is 15.3. The van der Waals surface area contributed by atoms with Crippen molar-refractivity contribution in [1.82, 2.24) is 4.90 Å². The average molecular weight is 319 g/mol. The summed E-state index contributed by atoms with van der Waals surface area (Å²) in [5.41, 5.74) is 1.08. The fraction of sp³-hybridized carbons (Fsp3) is 0.650. The molecule has 1 aromatic carbocycles. The second-order valence-corrected chi connectivity index (χ2v) is 6.01. The second-order valence-electron chi connectivity index (χ2n) is 6.01. The smallest absolute Gasteiger partial charge is 0.313 e. The average Bonchev–Trinajstić information content (AvgIpc) is 2.60. The zero-order chi connectivity index (χ0) is 17.1. The Morgan fingerprint density at radius 2 is 1.65 bits per heavy atom. The number of hydrogen-bond acceptors (Lipinski definition) is 3. The Labute approximate surface area is 142 Å². The first-order chi connectivity index (χ1) is 11.2. The molecule has 0 saturated carbocycles. The van der Waals surface area contributed by atoms with Gasteiger partial charge in [0.15, 0.2) is 0 Å². The Balaban J connectivity index is 2.63. The Morgan fingerprint density at radius 3 is 2.17 bits per heavy atom. The van der Waals surface area contributed by atoms with Crippen molar-refractivity contribution in [1.29, 1.82) is 0 Å². The van der Waals surface area contributed by atoms with Gasteiger partial charge in [-0.25, -0.2) is 0 Å². The molecule has 0 aliphatic heterocycles. The molecule has 3 heteroatoms. The molecule has 0 aromatic heterocycles. The molecule has 0 fully saturated rings. The third-order valence-corrected chi connectivity index (χ3v) is 4.69. The van der Waals surface area contributed by atoms with Crippen molar-refractivity contribution in [2.24, 2.45) is 5.92 Å². The molecule has 1 rings (SSSR count). The van der Waals surface area contributed by atoms with E-state index >= 15 is 0 Å². The van der Waals surface area contributed by atoms with E-state index < -0.39 is 0 Å². The van der Waals surface area contributed by atoms with Crippen LogP contribution in [-0.2, 0) is 9.53 Å². The number of benzene rings is 1. The van der Waals surface area contributed by atoms with Gasteiger partial charge in [0.2, 0.25) is 0 Å². The highest BCUT2D eigenvalue weighted by Crippen LogP contribution is 2.30. The molecule has 130 valence electrons. The minimum Gasteiger partial charge on any atom is -0.465 e. The number of carbonyl (C=O) groups excluding carboxylic acids is 1. The van der Waals surface area contributed by atoms with Crippen LogP contribution in [0, 0.1) is 5.92 Å². The number of rotatable bonds is 11. The highest BCUT2D eigenvalue weighted by atomic mass is 16.5. The number of carbonyl (C=O) groups is 1. The van der Waals surface area contributed by atoms with Crippen LogP contribution in [-0.4, -0.2) is 37.1 Å². The number of ether oxygens (including phenoxy) is 1. The maximum absolute atomic E-state index is 12.7. The van der Waals surface area contributed by atoms with Gasteiger partial charge in [0.1, 0.15) is 0 Å². The molecule has 0 N–H and O–H groups in total. The van der Waals surface area contributed by atoms with Crippen molar-refractivity contribution in [2.45, 2.75) is 52.9 Å². The van der Waals surface area contributed by atoms with Gasteiger partial charge in [-0.05, 0) is 31.0 Å². The largest absolute Gasteiger partial charge is 0.465 e. The maximum Gasteiger partial charge on any atom is 0.313 e. The molecule has 1 atom stereocenters. The predicted molar refractivity (Wildman–Crippen MR) is 96.6 cm³/mol. The topological polar surface area (TPSA) is 29.5 Å². The number of esters is 1. The van der Waals surface area contributed by atoms with E-state index in [1.54, 1.807) is 0 Å². The lowest BCUT2D eigenvalue weighted by molar-refractivity contribution is -0.147. The molecule has 0 bridgehead atoms. The van der Waals surface area contributed by atoms with Crippen molar-refractivity contribution in [3.05, 3.63) is 35.9 Å². The van der Waals surface area contributed by atoms with Crippen molar-refractivity contribution >= 4 is 5.97 Å². The van der Waals surface area contributed by atoms with Gasteiger partial charge in [0, 0.05) is 6.54 Å².